The smallest absolute Gasteiger partial charge is 0.342 e. The van der Waals surface area contributed by atoms with Gasteiger partial charge in [-0.3, -0.25) is 4.79 Å². The van der Waals surface area contributed by atoms with E-state index >= 15 is 0 Å². The quantitative estimate of drug-likeness (QED) is 0.464. The Morgan fingerprint density at radius 2 is 1.85 bits per heavy atom. The summed E-state index contributed by atoms with van der Waals surface area (Å²) in [5.74, 6) is -0.901. The van der Waals surface area contributed by atoms with Crippen LogP contribution in [-0.2, 0) is 6.18 Å². The molecule has 1 aliphatic heterocycles. The second-order valence-corrected chi connectivity index (χ2v) is 7.90. The molecule has 4 aromatic rings. The maximum Gasteiger partial charge on any atom is 0.435 e. The van der Waals surface area contributed by atoms with Crippen molar-refractivity contribution < 1.29 is 22.4 Å². The van der Waals surface area contributed by atoms with Crippen molar-refractivity contribution in [3.05, 3.63) is 71.6 Å². The van der Waals surface area contributed by atoms with Gasteiger partial charge in [0.2, 0.25) is 0 Å². The largest absolute Gasteiger partial charge is 0.435 e. The van der Waals surface area contributed by atoms with Gasteiger partial charge in [-0.05, 0) is 49.2 Å². The molecule has 33 heavy (non-hydrogen) atoms. The predicted octanol–water partition coefficient (Wildman–Crippen LogP) is 4.32. The zero-order chi connectivity index (χ0) is 23.2. The standard InChI is InChI=1S/C22H18F4N6O/c23-14-7-9-15(10-8-14)32-19(22(24,25)26)18(29-30-32)21(33)31-11-3-4-13(12-31)20-27-16-5-1-2-6-17(16)28-20/h1-2,5-10,13H,3-4,11-12H2,(H,27,28). The number of aromatic amines is 1. The van der Waals surface area contributed by atoms with Gasteiger partial charge < -0.3 is 9.88 Å². The van der Waals surface area contributed by atoms with Crippen molar-refractivity contribution in [1.29, 1.82) is 0 Å². The second kappa shape index (κ2) is 7.98. The van der Waals surface area contributed by atoms with Gasteiger partial charge in [0, 0.05) is 19.0 Å². The number of nitrogens with one attached hydrogen (secondary N) is 1. The van der Waals surface area contributed by atoms with Crippen LogP contribution in [0.25, 0.3) is 16.7 Å². The summed E-state index contributed by atoms with van der Waals surface area (Å²) in [4.78, 5) is 22.3. The number of carbonyl (C=O) groups excluding carboxylic acids is 1. The number of nitrogens with zero attached hydrogens (tertiary/aromatic N) is 5. The first-order chi connectivity index (χ1) is 15.8. The number of halogens is 4. The number of para-hydroxylation sites is 2. The first-order valence-electron chi connectivity index (χ1n) is 10.3. The molecular formula is C22H18F4N6O. The fraction of sp³-hybridized carbons (Fsp3) is 0.273. The first kappa shape index (κ1) is 21.1. The van der Waals surface area contributed by atoms with E-state index in [0.29, 0.717) is 23.5 Å². The Kier molecular flexibility index (Phi) is 5.10. The summed E-state index contributed by atoms with van der Waals surface area (Å²) >= 11 is 0. The van der Waals surface area contributed by atoms with Crippen molar-refractivity contribution in [2.75, 3.05) is 13.1 Å². The van der Waals surface area contributed by atoms with E-state index in [9.17, 15) is 22.4 Å². The highest BCUT2D eigenvalue weighted by Gasteiger charge is 2.43. The summed E-state index contributed by atoms with van der Waals surface area (Å²) in [5.41, 5.74) is -0.466. The van der Waals surface area contributed by atoms with Crippen LogP contribution in [0.1, 0.15) is 40.8 Å². The Morgan fingerprint density at radius 3 is 2.58 bits per heavy atom. The summed E-state index contributed by atoms with van der Waals surface area (Å²) < 4.78 is 55.5. The first-order valence-corrected chi connectivity index (χ1v) is 10.3. The molecule has 2 aromatic heterocycles. The normalized spacial score (nSPS) is 17.0. The third kappa shape index (κ3) is 3.94. The second-order valence-electron chi connectivity index (χ2n) is 7.90. The van der Waals surface area contributed by atoms with Gasteiger partial charge in [0.15, 0.2) is 11.4 Å². The van der Waals surface area contributed by atoms with Crippen LogP contribution in [0, 0.1) is 5.82 Å². The molecule has 7 nitrogen and oxygen atoms in total. The molecule has 1 unspecified atom stereocenters. The van der Waals surface area contributed by atoms with Crippen LogP contribution < -0.4 is 0 Å². The Balaban J connectivity index is 1.45. The van der Waals surface area contributed by atoms with Crippen molar-refractivity contribution in [2.45, 2.75) is 24.9 Å². The van der Waals surface area contributed by atoms with E-state index in [1.165, 1.54) is 4.90 Å². The number of amides is 1. The molecule has 0 aliphatic carbocycles. The molecule has 1 aliphatic rings. The number of hydrogen-bond acceptors (Lipinski definition) is 4. The summed E-state index contributed by atoms with van der Waals surface area (Å²) in [5, 5.41) is 7.14. The molecule has 0 spiro atoms. The number of rotatable bonds is 3. The van der Waals surface area contributed by atoms with Gasteiger partial charge in [-0.2, -0.15) is 13.2 Å². The van der Waals surface area contributed by atoms with Gasteiger partial charge >= 0.3 is 6.18 Å². The molecule has 5 rings (SSSR count). The van der Waals surface area contributed by atoms with Crippen LogP contribution in [0.4, 0.5) is 17.6 Å². The maximum atomic E-state index is 13.9. The minimum Gasteiger partial charge on any atom is -0.342 e. The number of carbonyl (C=O) groups is 1. The molecule has 1 saturated heterocycles. The number of benzene rings is 2. The van der Waals surface area contributed by atoms with Gasteiger partial charge in [-0.25, -0.2) is 14.1 Å². The minimum atomic E-state index is -4.89. The zero-order valence-corrected chi connectivity index (χ0v) is 17.2. The number of fused-ring (bicyclic) bond motifs is 1. The third-order valence-electron chi connectivity index (χ3n) is 5.72. The topological polar surface area (TPSA) is 79.7 Å². The molecule has 1 fully saturated rings. The maximum absolute atomic E-state index is 13.9. The summed E-state index contributed by atoms with van der Waals surface area (Å²) in [6.45, 7) is 0.510. The summed E-state index contributed by atoms with van der Waals surface area (Å²) in [6, 6.07) is 11.8. The molecule has 1 amide bonds. The van der Waals surface area contributed by atoms with E-state index in [1.54, 1.807) is 0 Å². The molecular weight excluding hydrogens is 440 g/mol. The van der Waals surface area contributed by atoms with E-state index in [4.69, 9.17) is 0 Å². The lowest BCUT2D eigenvalue weighted by molar-refractivity contribution is -0.143. The van der Waals surface area contributed by atoms with Gasteiger partial charge in [0.1, 0.15) is 11.6 Å². The van der Waals surface area contributed by atoms with Gasteiger partial charge in [-0.15, -0.1) is 5.10 Å². The van der Waals surface area contributed by atoms with E-state index in [-0.39, 0.29) is 18.2 Å². The third-order valence-corrected chi connectivity index (χ3v) is 5.72. The number of aromatic nitrogens is 5. The fourth-order valence-electron chi connectivity index (χ4n) is 4.14. The van der Waals surface area contributed by atoms with Crippen molar-refractivity contribution in [2.24, 2.45) is 0 Å². The Labute approximate surface area is 185 Å². The van der Waals surface area contributed by atoms with Crippen LogP contribution in [0.15, 0.2) is 48.5 Å². The highest BCUT2D eigenvalue weighted by Crippen LogP contribution is 2.34. The van der Waals surface area contributed by atoms with Gasteiger partial charge in [0.25, 0.3) is 5.91 Å². The molecule has 2 aromatic carbocycles. The fourth-order valence-corrected chi connectivity index (χ4v) is 4.14. The molecule has 0 bridgehead atoms. The highest BCUT2D eigenvalue weighted by molar-refractivity contribution is 5.93. The van der Waals surface area contributed by atoms with Crippen molar-refractivity contribution >= 4 is 16.9 Å². The Morgan fingerprint density at radius 1 is 1.09 bits per heavy atom. The van der Waals surface area contributed by atoms with Crippen molar-refractivity contribution in [3.8, 4) is 5.69 Å². The molecule has 1 atom stereocenters. The average Bonchev–Trinajstić information content (AvgIpc) is 3.44. The number of likely N-dealkylation sites (tertiary alicyclic amines) is 1. The Hall–Kier alpha value is -3.76. The number of hydrogen-bond donors (Lipinski definition) is 1. The lowest BCUT2D eigenvalue weighted by atomic mass is 9.97. The number of H-pyrrole nitrogens is 1. The van der Waals surface area contributed by atoms with Crippen LogP contribution in [0.5, 0.6) is 0 Å². The zero-order valence-electron chi connectivity index (χ0n) is 17.2. The minimum absolute atomic E-state index is 0.0472. The van der Waals surface area contributed by atoms with Crippen LogP contribution in [0.2, 0.25) is 0 Å². The summed E-state index contributed by atoms with van der Waals surface area (Å²) in [7, 11) is 0. The van der Waals surface area contributed by atoms with E-state index in [0.717, 1.165) is 41.7 Å². The van der Waals surface area contributed by atoms with Crippen LogP contribution >= 0.6 is 0 Å². The number of alkyl halides is 3. The molecule has 0 radical (unpaired) electrons. The van der Waals surface area contributed by atoms with E-state index in [2.05, 4.69) is 20.3 Å². The average molecular weight is 458 g/mol. The summed E-state index contributed by atoms with van der Waals surface area (Å²) in [6.07, 6.45) is -3.53. The Bertz CT molecular complexity index is 1280. The monoisotopic (exact) mass is 458 g/mol. The lowest BCUT2D eigenvalue weighted by Gasteiger charge is -2.31. The van der Waals surface area contributed by atoms with Crippen molar-refractivity contribution in [1.82, 2.24) is 29.9 Å². The van der Waals surface area contributed by atoms with Crippen molar-refractivity contribution in [3.63, 3.8) is 0 Å². The molecule has 170 valence electrons. The van der Waals surface area contributed by atoms with E-state index in [1.807, 2.05) is 24.3 Å². The van der Waals surface area contributed by atoms with E-state index < -0.39 is 29.3 Å². The molecule has 3 heterocycles. The molecule has 0 saturated carbocycles. The highest BCUT2D eigenvalue weighted by atomic mass is 19.4. The number of imidazole rings is 1. The lowest BCUT2D eigenvalue weighted by Crippen LogP contribution is -2.40. The van der Waals surface area contributed by atoms with Gasteiger partial charge in [0.05, 0.1) is 16.7 Å². The SMILES string of the molecule is O=C(c1nnn(-c2ccc(F)cc2)c1C(F)(F)F)N1CCCC(c2nc3ccccc3[nH]2)C1. The van der Waals surface area contributed by atoms with Gasteiger partial charge in [-0.1, -0.05) is 17.3 Å². The molecule has 1 N–H and O–H groups in total. The van der Waals surface area contributed by atoms with Crippen LogP contribution in [0.3, 0.4) is 0 Å². The van der Waals surface area contributed by atoms with Crippen LogP contribution in [-0.4, -0.2) is 48.9 Å². The number of piperidine rings is 1. The predicted molar refractivity (Wildman–Crippen MR) is 110 cm³/mol. The molecule has 11 heteroatoms.